The number of hydrogen-bond donors (Lipinski definition) is 1. The molecule has 1 atom stereocenters. The first kappa shape index (κ1) is 13.5. The maximum absolute atomic E-state index is 11.6. The second kappa shape index (κ2) is 7.66. The summed E-state index contributed by atoms with van der Waals surface area (Å²) in [4.78, 5) is 11.6. The Kier molecular flexibility index (Phi) is 6.46. The minimum Gasteiger partial charge on any atom is -0.383 e. The normalized spacial score (nSPS) is 19.4. The van der Waals surface area contributed by atoms with E-state index in [1.807, 2.05) is 0 Å². The van der Waals surface area contributed by atoms with E-state index < -0.39 is 0 Å². The summed E-state index contributed by atoms with van der Waals surface area (Å²) in [6.07, 6.45) is 7.37. The van der Waals surface area contributed by atoms with E-state index in [0.29, 0.717) is 25.5 Å². The average molecular weight is 227 g/mol. The molecule has 0 aliphatic heterocycles. The van der Waals surface area contributed by atoms with E-state index in [-0.39, 0.29) is 5.91 Å². The highest BCUT2D eigenvalue weighted by atomic mass is 16.5. The molecule has 16 heavy (non-hydrogen) atoms. The first-order valence-corrected chi connectivity index (χ1v) is 6.49. The molecule has 1 rings (SSSR count). The van der Waals surface area contributed by atoms with Crippen molar-refractivity contribution in [2.24, 2.45) is 11.8 Å². The van der Waals surface area contributed by atoms with Crippen LogP contribution in [0.4, 0.5) is 0 Å². The average Bonchev–Trinajstić information content (AvgIpc) is 2.30. The van der Waals surface area contributed by atoms with E-state index in [1.165, 1.54) is 32.1 Å². The summed E-state index contributed by atoms with van der Waals surface area (Å²) in [5, 5.41) is 2.89. The van der Waals surface area contributed by atoms with Crippen LogP contribution in [-0.2, 0) is 9.53 Å². The van der Waals surface area contributed by atoms with Crippen LogP contribution in [0.2, 0.25) is 0 Å². The second-order valence-corrected chi connectivity index (χ2v) is 4.92. The van der Waals surface area contributed by atoms with Gasteiger partial charge in [0.05, 0.1) is 6.61 Å². The fourth-order valence-electron chi connectivity index (χ4n) is 2.53. The molecule has 1 N–H and O–H groups in total. The number of hydrogen-bond acceptors (Lipinski definition) is 2. The Morgan fingerprint density at radius 3 is 2.69 bits per heavy atom. The minimum atomic E-state index is 0.176. The lowest BCUT2D eigenvalue weighted by molar-refractivity contribution is -0.122. The van der Waals surface area contributed by atoms with Crippen LogP contribution in [0, 0.1) is 11.8 Å². The van der Waals surface area contributed by atoms with Crippen molar-refractivity contribution in [2.75, 3.05) is 20.3 Å². The van der Waals surface area contributed by atoms with E-state index in [9.17, 15) is 4.79 Å². The van der Waals surface area contributed by atoms with Crippen molar-refractivity contribution in [1.29, 1.82) is 0 Å². The van der Waals surface area contributed by atoms with Crippen LogP contribution in [0.15, 0.2) is 0 Å². The molecule has 1 fully saturated rings. The van der Waals surface area contributed by atoms with Gasteiger partial charge in [0.15, 0.2) is 0 Å². The number of ether oxygens (including phenoxy) is 1. The molecule has 0 heterocycles. The third-order valence-electron chi connectivity index (χ3n) is 3.59. The molecule has 0 aromatic carbocycles. The maximum Gasteiger partial charge on any atom is 0.220 e. The first-order valence-electron chi connectivity index (χ1n) is 6.49. The van der Waals surface area contributed by atoms with Crippen molar-refractivity contribution in [1.82, 2.24) is 5.32 Å². The Bertz CT molecular complexity index is 200. The molecule has 0 aromatic rings. The number of amides is 1. The molecule has 94 valence electrons. The predicted octanol–water partition coefficient (Wildman–Crippen LogP) is 2.36. The van der Waals surface area contributed by atoms with Crippen molar-refractivity contribution in [3.8, 4) is 0 Å². The lowest BCUT2D eigenvalue weighted by Gasteiger charge is -2.27. The Labute approximate surface area is 98.9 Å². The topological polar surface area (TPSA) is 38.3 Å². The largest absolute Gasteiger partial charge is 0.383 e. The smallest absolute Gasteiger partial charge is 0.220 e. The lowest BCUT2D eigenvalue weighted by Crippen LogP contribution is -2.30. The summed E-state index contributed by atoms with van der Waals surface area (Å²) in [6.45, 7) is 3.45. The fourth-order valence-corrected chi connectivity index (χ4v) is 2.53. The van der Waals surface area contributed by atoms with E-state index in [2.05, 4.69) is 12.2 Å². The second-order valence-electron chi connectivity index (χ2n) is 4.92. The number of carbonyl (C=O) groups excluding carboxylic acids is 1. The molecule has 1 aliphatic carbocycles. The molecule has 0 aromatic heterocycles. The molecule has 1 amide bonds. The van der Waals surface area contributed by atoms with Gasteiger partial charge in [-0.1, -0.05) is 39.0 Å². The van der Waals surface area contributed by atoms with Crippen LogP contribution < -0.4 is 5.32 Å². The van der Waals surface area contributed by atoms with E-state index in [0.717, 1.165) is 5.92 Å². The highest BCUT2D eigenvalue weighted by molar-refractivity contribution is 5.76. The molecule has 0 radical (unpaired) electrons. The van der Waals surface area contributed by atoms with Crippen LogP contribution in [0.3, 0.4) is 0 Å². The molecule has 1 aliphatic rings. The number of carbonyl (C=O) groups is 1. The fraction of sp³-hybridized carbons (Fsp3) is 0.923. The molecule has 1 saturated carbocycles. The van der Waals surface area contributed by atoms with Gasteiger partial charge in [-0.2, -0.15) is 0 Å². The van der Waals surface area contributed by atoms with Gasteiger partial charge in [0, 0.05) is 20.1 Å². The summed E-state index contributed by atoms with van der Waals surface area (Å²) >= 11 is 0. The zero-order valence-corrected chi connectivity index (χ0v) is 10.6. The SMILES string of the molecule is COCCNC(=O)C[C@H](C)C1CCCCC1. The van der Waals surface area contributed by atoms with Gasteiger partial charge in [0.1, 0.15) is 0 Å². The molecule has 0 saturated heterocycles. The van der Waals surface area contributed by atoms with E-state index >= 15 is 0 Å². The monoisotopic (exact) mass is 227 g/mol. The Morgan fingerprint density at radius 2 is 2.06 bits per heavy atom. The van der Waals surface area contributed by atoms with Crippen LogP contribution in [0.5, 0.6) is 0 Å². The van der Waals surface area contributed by atoms with Gasteiger partial charge in [-0.25, -0.2) is 0 Å². The van der Waals surface area contributed by atoms with Crippen molar-refractivity contribution >= 4 is 5.91 Å². The van der Waals surface area contributed by atoms with Crippen molar-refractivity contribution in [3.63, 3.8) is 0 Å². The van der Waals surface area contributed by atoms with E-state index in [4.69, 9.17) is 4.74 Å². The van der Waals surface area contributed by atoms with Crippen molar-refractivity contribution < 1.29 is 9.53 Å². The van der Waals surface area contributed by atoms with Gasteiger partial charge in [0.25, 0.3) is 0 Å². The first-order chi connectivity index (χ1) is 7.74. The van der Waals surface area contributed by atoms with Crippen molar-refractivity contribution in [3.05, 3.63) is 0 Å². The Morgan fingerprint density at radius 1 is 1.38 bits per heavy atom. The predicted molar refractivity (Wildman–Crippen MR) is 65.2 cm³/mol. The van der Waals surface area contributed by atoms with Gasteiger partial charge in [-0.15, -0.1) is 0 Å². The van der Waals surface area contributed by atoms with E-state index in [1.54, 1.807) is 7.11 Å². The minimum absolute atomic E-state index is 0.176. The number of methoxy groups -OCH3 is 1. The molecule has 3 heteroatoms. The van der Waals surface area contributed by atoms with Gasteiger partial charge < -0.3 is 10.1 Å². The molecule has 0 bridgehead atoms. The molecular weight excluding hydrogens is 202 g/mol. The Hall–Kier alpha value is -0.570. The zero-order valence-electron chi connectivity index (χ0n) is 10.6. The summed E-state index contributed by atoms with van der Waals surface area (Å²) in [5.41, 5.74) is 0. The summed E-state index contributed by atoms with van der Waals surface area (Å²) in [7, 11) is 1.65. The standard InChI is InChI=1S/C13H25NO2/c1-11(12-6-4-3-5-7-12)10-13(15)14-8-9-16-2/h11-12H,3-10H2,1-2H3,(H,14,15)/t11-/m0/s1. The number of rotatable bonds is 6. The van der Waals surface area contributed by atoms with Gasteiger partial charge in [-0.05, 0) is 11.8 Å². The highest BCUT2D eigenvalue weighted by Crippen LogP contribution is 2.31. The highest BCUT2D eigenvalue weighted by Gasteiger charge is 2.21. The summed E-state index contributed by atoms with van der Waals surface area (Å²) in [5.74, 6) is 1.47. The maximum atomic E-state index is 11.6. The van der Waals surface area contributed by atoms with Crippen LogP contribution in [0.1, 0.15) is 45.4 Å². The van der Waals surface area contributed by atoms with Crippen LogP contribution >= 0.6 is 0 Å². The van der Waals surface area contributed by atoms with Crippen LogP contribution in [-0.4, -0.2) is 26.2 Å². The molecule has 0 unspecified atom stereocenters. The summed E-state index contributed by atoms with van der Waals surface area (Å²) < 4.78 is 4.90. The Balaban J connectivity index is 2.16. The molecular formula is C13H25NO2. The van der Waals surface area contributed by atoms with Gasteiger partial charge in [-0.3, -0.25) is 4.79 Å². The van der Waals surface area contributed by atoms with Crippen LogP contribution in [0.25, 0.3) is 0 Å². The van der Waals surface area contributed by atoms with Crippen molar-refractivity contribution in [2.45, 2.75) is 45.4 Å². The summed E-state index contributed by atoms with van der Waals surface area (Å²) in [6, 6.07) is 0. The molecule has 3 nitrogen and oxygen atoms in total. The molecule has 0 spiro atoms. The van der Waals surface area contributed by atoms with Gasteiger partial charge >= 0.3 is 0 Å². The lowest BCUT2D eigenvalue weighted by atomic mass is 9.79. The third kappa shape index (κ3) is 4.97. The zero-order chi connectivity index (χ0) is 11.8. The third-order valence-corrected chi connectivity index (χ3v) is 3.59. The quantitative estimate of drug-likeness (QED) is 0.707. The van der Waals surface area contributed by atoms with Gasteiger partial charge in [0.2, 0.25) is 5.91 Å². The number of nitrogens with one attached hydrogen (secondary N) is 1.